The molecule has 0 saturated carbocycles. The Morgan fingerprint density at radius 1 is 0.658 bits per heavy atom. The van der Waals surface area contributed by atoms with Crippen molar-refractivity contribution in [3.05, 3.63) is 95.6 Å². The van der Waals surface area contributed by atoms with Crippen molar-refractivity contribution in [2.45, 2.75) is 154 Å². The van der Waals surface area contributed by atoms with Gasteiger partial charge in [-0.3, -0.25) is 24.0 Å². The minimum atomic E-state index is -1.76. The maximum atomic E-state index is 14.1. The number of hydrogen-bond acceptors (Lipinski definition) is 19. The van der Waals surface area contributed by atoms with E-state index in [0.29, 0.717) is 5.56 Å². The number of carbonyl (C=O) groups is 7. The Labute approximate surface area is 422 Å². The van der Waals surface area contributed by atoms with Crippen molar-refractivity contribution in [1.29, 1.82) is 0 Å². The van der Waals surface area contributed by atoms with E-state index in [4.69, 9.17) is 56.8 Å². The smallest absolute Gasteiger partial charge is 0.407 e. The summed E-state index contributed by atoms with van der Waals surface area (Å²) in [5.74, 6) is -5.14. The van der Waals surface area contributed by atoms with Gasteiger partial charge in [0.25, 0.3) is 0 Å². The van der Waals surface area contributed by atoms with Crippen molar-refractivity contribution >= 4 is 41.8 Å². The van der Waals surface area contributed by atoms with Crippen LogP contribution >= 0.6 is 0 Å². The van der Waals surface area contributed by atoms with E-state index in [2.05, 4.69) is 10.6 Å². The molecule has 21 nitrogen and oxygen atoms in total. The van der Waals surface area contributed by atoms with E-state index in [1.165, 1.54) is 13.8 Å². The Morgan fingerprint density at radius 2 is 1.25 bits per heavy atom. The molecular weight excluding hydrogens is 957 g/mol. The first-order valence-corrected chi connectivity index (χ1v) is 23.9. The van der Waals surface area contributed by atoms with E-state index in [0.717, 1.165) is 49.9 Å². The highest BCUT2D eigenvalue weighted by atomic mass is 16.8. The van der Waals surface area contributed by atoms with Crippen molar-refractivity contribution in [3.63, 3.8) is 0 Å². The lowest BCUT2D eigenvalue weighted by molar-refractivity contribution is -0.381. The average Bonchev–Trinajstić information content (AvgIpc) is 3.64. The van der Waals surface area contributed by atoms with Crippen LogP contribution in [-0.4, -0.2) is 141 Å². The standard InChI is InChI=1S/C52H62N2O19/c1-26(40(47(60)73-52(7,8)9)54-51(61)64-23-37-35-21-15-13-19-33(35)34-20-14-16-22-36(34)37)65-49-41(53-27(2)55)44(42-39(69-49)25-63-48(71-42)32-17-11-10-12-18-32)72-50-46(68-31(6)59)45(67-30(5)58)43(66-29(4)57)38(70-50)24-62-28(3)56/h10-22,26,37-46,48-50H,23-25H2,1-9H3,(H,53,55)(H,54,61)/t26-,38+,39+,40-,41+,42-,43-,44+,45-,46+,48-,49-,50-/m0/s1. The van der Waals surface area contributed by atoms with Crippen molar-refractivity contribution in [2.24, 2.45) is 0 Å². The van der Waals surface area contributed by atoms with Crippen LogP contribution in [0.5, 0.6) is 0 Å². The number of amides is 2. The molecule has 0 bridgehead atoms. The van der Waals surface area contributed by atoms with Gasteiger partial charge >= 0.3 is 35.9 Å². The molecule has 0 spiro atoms. The molecule has 3 heterocycles. The van der Waals surface area contributed by atoms with Gasteiger partial charge in [0.15, 0.2) is 43.2 Å². The van der Waals surface area contributed by atoms with Gasteiger partial charge in [-0.1, -0.05) is 78.9 Å². The third-order valence-corrected chi connectivity index (χ3v) is 12.1. The number of esters is 5. The number of rotatable bonds is 16. The van der Waals surface area contributed by atoms with Crippen molar-refractivity contribution in [3.8, 4) is 11.1 Å². The number of ether oxygens (including phenoxy) is 12. The van der Waals surface area contributed by atoms with E-state index in [-0.39, 0.29) is 19.1 Å². The Balaban J connectivity index is 1.22. The first kappa shape index (κ1) is 54.3. The fourth-order valence-electron chi connectivity index (χ4n) is 9.26. The number of nitrogens with one attached hydrogen (secondary N) is 2. The molecule has 4 aliphatic rings. The van der Waals surface area contributed by atoms with Crippen molar-refractivity contribution < 1.29 is 90.4 Å². The molecule has 0 radical (unpaired) electrons. The predicted octanol–water partition coefficient (Wildman–Crippen LogP) is 4.45. The summed E-state index contributed by atoms with van der Waals surface area (Å²) in [5.41, 5.74) is 3.56. The summed E-state index contributed by atoms with van der Waals surface area (Å²) >= 11 is 0. The molecule has 7 rings (SSSR count). The zero-order chi connectivity index (χ0) is 52.7. The molecule has 21 heteroatoms. The largest absolute Gasteiger partial charge is 0.463 e. The van der Waals surface area contributed by atoms with E-state index >= 15 is 0 Å². The molecule has 1 aliphatic carbocycles. The normalized spacial score (nSPS) is 27.3. The van der Waals surface area contributed by atoms with E-state index in [1.54, 1.807) is 51.1 Å². The van der Waals surface area contributed by atoms with Crippen LogP contribution in [0.25, 0.3) is 11.1 Å². The summed E-state index contributed by atoms with van der Waals surface area (Å²) in [5, 5.41) is 5.45. The molecule has 13 atom stereocenters. The van der Waals surface area contributed by atoms with Gasteiger partial charge in [-0.2, -0.15) is 0 Å². The second-order valence-corrected chi connectivity index (χ2v) is 18.9. The minimum absolute atomic E-state index is 0.0716. The van der Waals surface area contributed by atoms with E-state index in [9.17, 15) is 33.6 Å². The summed E-state index contributed by atoms with van der Waals surface area (Å²) in [7, 11) is 0. The maximum absolute atomic E-state index is 14.1. The molecule has 2 amide bonds. The fraction of sp³-hybridized carbons (Fsp3) is 0.519. The first-order chi connectivity index (χ1) is 34.7. The summed E-state index contributed by atoms with van der Waals surface area (Å²) in [6.07, 6.45) is -16.4. The lowest BCUT2D eigenvalue weighted by atomic mass is 9.94. The molecule has 2 N–H and O–H groups in total. The minimum Gasteiger partial charge on any atom is -0.463 e. The highest BCUT2D eigenvalue weighted by Crippen LogP contribution is 2.45. The third kappa shape index (κ3) is 13.6. The third-order valence-electron chi connectivity index (χ3n) is 12.1. The van der Waals surface area contributed by atoms with Gasteiger partial charge in [-0.15, -0.1) is 0 Å². The van der Waals surface area contributed by atoms with Crippen LogP contribution in [0.3, 0.4) is 0 Å². The zero-order valence-corrected chi connectivity index (χ0v) is 42.0. The molecule has 0 aromatic heterocycles. The average molecular weight is 1020 g/mol. The lowest BCUT2D eigenvalue weighted by Crippen LogP contribution is -2.70. The van der Waals surface area contributed by atoms with Crippen LogP contribution in [0.4, 0.5) is 4.79 Å². The molecule has 73 heavy (non-hydrogen) atoms. The Kier molecular flexibility index (Phi) is 17.5. The second kappa shape index (κ2) is 23.6. The van der Waals surface area contributed by atoms with Gasteiger partial charge in [-0.25, -0.2) is 9.59 Å². The lowest BCUT2D eigenvalue weighted by Gasteiger charge is -2.52. The maximum Gasteiger partial charge on any atom is 0.407 e. The molecule has 0 unspecified atom stereocenters. The molecular formula is C52H62N2O19. The topological polar surface area (TPSA) is 254 Å². The van der Waals surface area contributed by atoms with Gasteiger partial charge < -0.3 is 67.5 Å². The van der Waals surface area contributed by atoms with Crippen molar-refractivity contribution in [1.82, 2.24) is 10.6 Å². The quantitative estimate of drug-likeness (QED) is 0.148. The highest BCUT2D eigenvalue weighted by Gasteiger charge is 2.58. The van der Waals surface area contributed by atoms with Crippen LogP contribution in [-0.2, 0) is 85.6 Å². The fourth-order valence-corrected chi connectivity index (χ4v) is 9.26. The Morgan fingerprint density at radius 3 is 1.84 bits per heavy atom. The van der Waals surface area contributed by atoms with Crippen LogP contribution in [0.1, 0.15) is 91.2 Å². The number of fused-ring (bicyclic) bond motifs is 4. The Hall–Kier alpha value is -6.49. The van der Waals surface area contributed by atoms with E-state index in [1.807, 2.05) is 48.5 Å². The van der Waals surface area contributed by atoms with Gasteiger partial charge in [0.1, 0.15) is 49.3 Å². The SMILES string of the molecule is CC(=O)N[C@H]1[C@@H](O[C@@H](C)[C@H](NC(=O)OCC2c3ccccc3-c3ccccc32)C(=O)OC(C)(C)C)O[C@@H]2CO[C@H](c3ccccc3)O[C@@H]2[C@@H]1O[C@@H]1O[C@H](COC(C)=O)[C@H](OC(C)=O)[C@H](OC(C)=O)[C@H]1OC(C)=O. The summed E-state index contributed by atoms with van der Waals surface area (Å²) in [6.45, 7) is 11.2. The van der Waals surface area contributed by atoms with Crippen LogP contribution < -0.4 is 10.6 Å². The molecule has 394 valence electrons. The highest BCUT2D eigenvalue weighted by molar-refractivity contribution is 5.83. The summed E-state index contributed by atoms with van der Waals surface area (Å²) in [6, 6.07) is 21.6. The van der Waals surface area contributed by atoms with Gasteiger partial charge in [-0.05, 0) is 49.9 Å². The second-order valence-electron chi connectivity index (χ2n) is 18.9. The molecule has 3 fully saturated rings. The number of benzene rings is 3. The van der Waals surface area contributed by atoms with Crippen LogP contribution in [0.2, 0.25) is 0 Å². The van der Waals surface area contributed by atoms with Crippen LogP contribution in [0.15, 0.2) is 78.9 Å². The number of carbonyl (C=O) groups excluding carboxylic acids is 7. The van der Waals surface area contributed by atoms with Gasteiger partial charge in [0, 0.05) is 46.1 Å². The zero-order valence-electron chi connectivity index (χ0n) is 42.0. The molecule has 3 aliphatic heterocycles. The van der Waals surface area contributed by atoms with E-state index < -0.39 is 134 Å². The summed E-state index contributed by atoms with van der Waals surface area (Å²) in [4.78, 5) is 91.4. The molecule has 3 aromatic rings. The molecule has 3 aromatic carbocycles. The number of alkyl carbamates (subject to hydrolysis) is 1. The molecule has 3 saturated heterocycles. The monoisotopic (exact) mass is 1020 g/mol. The predicted molar refractivity (Wildman–Crippen MR) is 251 cm³/mol. The van der Waals surface area contributed by atoms with Crippen LogP contribution in [0, 0.1) is 0 Å². The van der Waals surface area contributed by atoms with Crippen molar-refractivity contribution in [2.75, 3.05) is 19.8 Å². The number of hydrogen-bond donors (Lipinski definition) is 2. The Bertz CT molecular complexity index is 2430. The first-order valence-electron chi connectivity index (χ1n) is 23.9. The van der Waals surface area contributed by atoms with Gasteiger partial charge in [0.2, 0.25) is 5.91 Å². The van der Waals surface area contributed by atoms with Gasteiger partial charge in [0.05, 0.1) is 12.7 Å². The summed E-state index contributed by atoms with van der Waals surface area (Å²) < 4.78 is 72.8.